The number of nitrogens with one attached hydrogen (secondary N) is 2. The van der Waals surface area contributed by atoms with E-state index >= 15 is 0 Å². The lowest BCUT2D eigenvalue weighted by molar-refractivity contribution is 0.102. The van der Waals surface area contributed by atoms with Crippen LogP contribution in [0, 0.1) is 0 Å². The summed E-state index contributed by atoms with van der Waals surface area (Å²) < 4.78 is 10.4. The number of hydrogen-bond acceptors (Lipinski definition) is 5. The van der Waals surface area contributed by atoms with E-state index in [-0.39, 0.29) is 11.6 Å². The topological polar surface area (TPSA) is 72.5 Å². The van der Waals surface area contributed by atoms with Gasteiger partial charge in [0, 0.05) is 22.6 Å². The van der Waals surface area contributed by atoms with E-state index < -0.39 is 0 Å². The molecule has 2 N–H and O–H groups in total. The minimum atomic E-state index is -0.367. The van der Waals surface area contributed by atoms with E-state index in [0.717, 1.165) is 17.1 Å². The molecule has 3 aromatic rings. The molecular weight excluding hydrogens is 366 g/mol. The van der Waals surface area contributed by atoms with Crippen molar-refractivity contribution in [3.05, 3.63) is 71.5 Å². The van der Waals surface area contributed by atoms with Crippen LogP contribution in [0.15, 0.2) is 60.8 Å². The zero-order chi connectivity index (χ0) is 19.2. The van der Waals surface area contributed by atoms with Crippen molar-refractivity contribution in [2.75, 3.05) is 24.9 Å². The van der Waals surface area contributed by atoms with Crippen molar-refractivity contribution in [2.24, 2.45) is 0 Å². The van der Waals surface area contributed by atoms with E-state index in [2.05, 4.69) is 15.6 Å². The van der Waals surface area contributed by atoms with Gasteiger partial charge in [0.25, 0.3) is 5.91 Å². The van der Waals surface area contributed by atoms with Crippen LogP contribution < -0.4 is 20.1 Å². The Morgan fingerprint density at radius 1 is 0.963 bits per heavy atom. The van der Waals surface area contributed by atoms with Crippen molar-refractivity contribution in [1.29, 1.82) is 0 Å². The number of methoxy groups -OCH3 is 2. The van der Waals surface area contributed by atoms with Gasteiger partial charge in [0.05, 0.1) is 19.9 Å². The number of carbonyl (C=O) groups excluding carboxylic acids is 1. The number of ether oxygens (including phenoxy) is 2. The molecule has 6 nitrogen and oxygen atoms in total. The summed E-state index contributed by atoms with van der Waals surface area (Å²) >= 11 is 6.00. The third kappa shape index (κ3) is 4.68. The van der Waals surface area contributed by atoms with Crippen molar-refractivity contribution in [3.8, 4) is 11.5 Å². The number of rotatable bonds is 6. The average Bonchev–Trinajstić information content (AvgIpc) is 2.69. The summed E-state index contributed by atoms with van der Waals surface area (Å²) in [5.41, 5.74) is 2.34. The monoisotopic (exact) mass is 383 g/mol. The van der Waals surface area contributed by atoms with Crippen LogP contribution in [0.2, 0.25) is 5.02 Å². The average molecular weight is 384 g/mol. The third-order valence-electron chi connectivity index (χ3n) is 3.78. The molecule has 0 atom stereocenters. The van der Waals surface area contributed by atoms with Gasteiger partial charge in [-0.1, -0.05) is 11.6 Å². The molecule has 0 spiro atoms. The number of anilines is 3. The van der Waals surface area contributed by atoms with Crippen LogP contribution in [0.3, 0.4) is 0 Å². The van der Waals surface area contributed by atoms with Crippen LogP contribution in [0.25, 0.3) is 0 Å². The maximum atomic E-state index is 12.6. The zero-order valence-corrected chi connectivity index (χ0v) is 15.6. The molecule has 0 aliphatic heterocycles. The van der Waals surface area contributed by atoms with Crippen molar-refractivity contribution < 1.29 is 14.3 Å². The van der Waals surface area contributed by atoms with Gasteiger partial charge >= 0.3 is 0 Å². The number of aromatic nitrogens is 1. The first-order chi connectivity index (χ1) is 13.1. The third-order valence-corrected chi connectivity index (χ3v) is 4.02. The second-order valence-electron chi connectivity index (χ2n) is 5.58. The van der Waals surface area contributed by atoms with E-state index in [1.165, 1.54) is 7.11 Å². The van der Waals surface area contributed by atoms with Gasteiger partial charge in [-0.05, 0) is 54.6 Å². The molecule has 0 aliphatic carbocycles. The lowest BCUT2D eigenvalue weighted by Crippen LogP contribution is -2.14. The Morgan fingerprint density at radius 3 is 2.44 bits per heavy atom. The highest BCUT2D eigenvalue weighted by Gasteiger charge is 2.12. The van der Waals surface area contributed by atoms with Gasteiger partial charge < -0.3 is 20.1 Å². The minimum absolute atomic E-state index is 0.260. The van der Waals surface area contributed by atoms with Gasteiger partial charge in [0.2, 0.25) is 0 Å². The molecule has 0 radical (unpaired) electrons. The SMILES string of the molecule is COc1ccc(Nc2ccnc(C(=O)Nc3cc(Cl)ccc3OC)c2)cc1. The Bertz CT molecular complexity index is 945. The smallest absolute Gasteiger partial charge is 0.274 e. The quantitative estimate of drug-likeness (QED) is 0.642. The number of carbonyl (C=O) groups is 1. The fraction of sp³-hybridized carbons (Fsp3) is 0.100. The summed E-state index contributed by atoms with van der Waals surface area (Å²) in [6.07, 6.45) is 1.57. The first-order valence-electron chi connectivity index (χ1n) is 8.11. The van der Waals surface area contributed by atoms with E-state index in [9.17, 15) is 4.79 Å². The number of amides is 1. The first kappa shape index (κ1) is 18.5. The Morgan fingerprint density at radius 2 is 1.74 bits per heavy atom. The van der Waals surface area contributed by atoms with Gasteiger partial charge in [-0.15, -0.1) is 0 Å². The molecule has 1 amide bonds. The lowest BCUT2D eigenvalue weighted by Gasteiger charge is -2.11. The van der Waals surface area contributed by atoms with Crippen LogP contribution in [0.4, 0.5) is 17.1 Å². The normalized spacial score (nSPS) is 10.2. The summed E-state index contributed by atoms with van der Waals surface area (Å²) in [7, 11) is 3.14. The van der Waals surface area contributed by atoms with Gasteiger partial charge in [-0.2, -0.15) is 0 Å². The minimum Gasteiger partial charge on any atom is -0.497 e. The van der Waals surface area contributed by atoms with Crippen LogP contribution in [-0.4, -0.2) is 25.1 Å². The van der Waals surface area contributed by atoms with Gasteiger partial charge in [0.1, 0.15) is 17.2 Å². The Hall–Kier alpha value is -3.25. The summed E-state index contributed by atoms with van der Waals surface area (Å²) in [5, 5.41) is 6.49. The van der Waals surface area contributed by atoms with Crippen LogP contribution in [-0.2, 0) is 0 Å². The highest BCUT2D eigenvalue weighted by Crippen LogP contribution is 2.28. The van der Waals surface area contributed by atoms with Crippen LogP contribution in [0.5, 0.6) is 11.5 Å². The van der Waals surface area contributed by atoms with Crippen molar-refractivity contribution in [3.63, 3.8) is 0 Å². The van der Waals surface area contributed by atoms with Crippen molar-refractivity contribution >= 4 is 34.6 Å². The molecule has 0 saturated heterocycles. The number of nitrogens with zero attached hydrogens (tertiary/aromatic N) is 1. The predicted octanol–water partition coefficient (Wildman–Crippen LogP) is 4.75. The first-order valence-corrected chi connectivity index (χ1v) is 8.49. The van der Waals surface area contributed by atoms with Gasteiger partial charge in [0.15, 0.2) is 0 Å². The van der Waals surface area contributed by atoms with Gasteiger partial charge in [-0.25, -0.2) is 0 Å². The summed E-state index contributed by atoms with van der Waals surface area (Å²) in [5.74, 6) is 0.917. The predicted molar refractivity (Wildman–Crippen MR) is 106 cm³/mol. The van der Waals surface area contributed by atoms with Gasteiger partial charge in [-0.3, -0.25) is 9.78 Å². The summed E-state index contributed by atoms with van der Waals surface area (Å²) in [4.78, 5) is 16.7. The number of hydrogen-bond donors (Lipinski definition) is 2. The summed E-state index contributed by atoms with van der Waals surface area (Å²) in [6, 6.07) is 15.9. The Balaban J connectivity index is 1.76. The highest BCUT2D eigenvalue weighted by atomic mass is 35.5. The van der Waals surface area contributed by atoms with Crippen molar-refractivity contribution in [1.82, 2.24) is 4.98 Å². The molecule has 1 heterocycles. The molecule has 2 aromatic carbocycles. The number of pyridine rings is 1. The molecule has 0 aliphatic rings. The van der Waals surface area contributed by atoms with E-state index in [4.69, 9.17) is 21.1 Å². The zero-order valence-electron chi connectivity index (χ0n) is 14.8. The van der Waals surface area contributed by atoms with Crippen LogP contribution >= 0.6 is 11.6 Å². The molecule has 138 valence electrons. The standard InChI is InChI=1S/C20H18ClN3O3/c1-26-16-6-4-14(5-7-16)23-15-9-10-22-18(12-15)20(25)24-17-11-13(21)3-8-19(17)27-2/h3-12H,1-2H3,(H,22,23)(H,24,25). The lowest BCUT2D eigenvalue weighted by atomic mass is 10.2. The fourth-order valence-corrected chi connectivity index (χ4v) is 2.61. The molecule has 1 aromatic heterocycles. The molecule has 27 heavy (non-hydrogen) atoms. The molecule has 0 fully saturated rings. The van der Waals surface area contributed by atoms with E-state index in [1.807, 2.05) is 24.3 Å². The Labute approximate surface area is 162 Å². The van der Waals surface area contributed by atoms with E-state index in [1.54, 1.807) is 43.6 Å². The van der Waals surface area contributed by atoms with E-state index in [0.29, 0.717) is 16.5 Å². The molecule has 7 heteroatoms. The maximum Gasteiger partial charge on any atom is 0.274 e. The maximum absolute atomic E-state index is 12.6. The molecule has 0 unspecified atom stereocenters. The largest absolute Gasteiger partial charge is 0.497 e. The number of benzene rings is 2. The molecule has 3 rings (SSSR count). The van der Waals surface area contributed by atoms with Crippen molar-refractivity contribution in [2.45, 2.75) is 0 Å². The molecule has 0 bridgehead atoms. The molecular formula is C20H18ClN3O3. The highest BCUT2D eigenvalue weighted by molar-refractivity contribution is 6.31. The second-order valence-corrected chi connectivity index (χ2v) is 6.02. The summed E-state index contributed by atoms with van der Waals surface area (Å²) in [6.45, 7) is 0. The fourth-order valence-electron chi connectivity index (χ4n) is 2.44. The Kier molecular flexibility index (Phi) is 5.78. The van der Waals surface area contributed by atoms with Crippen LogP contribution in [0.1, 0.15) is 10.5 Å². The molecule has 0 saturated carbocycles. The number of halogens is 1. The second kappa shape index (κ2) is 8.42.